The van der Waals surface area contributed by atoms with Gasteiger partial charge in [-0.25, -0.2) is 4.98 Å². The molecule has 5 nitrogen and oxygen atoms in total. The lowest BCUT2D eigenvalue weighted by Gasteiger charge is -1.99. The molecule has 0 saturated heterocycles. The van der Waals surface area contributed by atoms with E-state index in [0.717, 1.165) is 15.1 Å². The summed E-state index contributed by atoms with van der Waals surface area (Å²) >= 11 is 2.83. The van der Waals surface area contributed by atoms with Gasteiger partial charge < -0.3 is 4.42 Å². The van der Waals surface area contributed by atoms with Gasteiger partial charge in [0.1, 0.15) is 17.4 Å². The van der Waals surface area contributed by atoms with Crippen molar-refractivity contribution in [1.29, 1.82) is 5.26 Å². The standard InChI is InChI=1S/C21H13N3O2S2/c22-13-14(20(25)24-21-23-17-8-4-5-9-18(17)28-21)12-15-10-11-19(26-15)27-16-6-2-1-3-7-16/h1-12H,(H,23,24,25). The molecule has 2 aromatic carbocycles. The van der Waals surface area contributed by atoms with Crippen molar-refractivity contribution in [1.82, 2.24) is 4.98 Å². The fraction of sp³-hybridized carbons (Fsp3) is 0. The van der Waals surface area contributed by atoms with Gasteiger partial charge >= 0.3 is 0 Å². The van der Waals surface area contributed by atoms with Gasteiger partial charge in [-0.15, -0.1) is 0 Å². The van der Waals surface area contributed by atoms with Crippen LogP contribution >= 0.6 is 23.1 Å². The maximum absolute atomic E-state index is 12.4. The Balaban J connectivity index is 1.49. The number of rotatable bonds is 5. The summed E-state index contributed by atoms with van der Waals surface area (Å²) in [5.41, 5.74) is 0.753. The normalized spacial score (nSPS) is 11.3. The molecule has 0 atom stereocenters. The first kappa shape index (κ1) is 18.0. The number of nitrogens with zero attached hydrogens (tertiary/aromatic N) is 2. The minimum absolute atomic E-state index is 0.0510. The molecule has 0 unspecified atom stereocenters. The first-order valence-electron chi connectivity index (χ1n) is 8.33. The van der Waals surface area contributed by atoms with Crippen LogP contribution in [0.15, 0.2) is 86.7 Å². The number of nitrogens with one attached hydrogen (secondary N) is 1. The zero-order chi connectivity index (χ0) is 19.3. The number of carbonyl (C=O) groups excluding carboxylic acids is 1. The van der Waals surface area contributed by atoms with Crippen molar-refractivity contribution in [3.63, 3.8) is 0 Å². The fourth-order valence-electron chi connectivity index (χ4n) is 2.45. The van der Waals surface area contributed by atoms with E-state index in [0.29, 0.717) is 16.0 Å². The third-order valence-corrected chi connectivity index (χ3v) is 5.61. The van der Waals surface area contributed by atoms with Crippen molar-refractivity contribution in [3.05, 3.63) is 78.1 Å². The summed E-state index contributed by atoms with van der Waals surface area (Å²) in [7, 11) is 0. The quantitative estimate of drug-likeness (QED) is 0.347. The molecule has 136 valence electrons. The molecule has 0 aliphatic heterocycles. The zero-order valence-corrected chi connectivity index (χ0v) is 16.1. The first-order chi connectivity index (χ1) is 13.7. The van der Waals surface area contributed by atoms with Crippen molar-refractivity contribution < 1.29 is 9.21 Å². The summed E-state index contributed by atoms with van der Waals surface area (Å²) in [6, 6.07) is 22.9. The van der Waals surface area contributed by atoms with Gasteiger partial charge in [0.2, 0.25) is 0 Å². The van der Waals surface area contributed by atoms with Crippen LogP contribution in [-0.2, 0) is 4.79 Å². The Morgan fingerprint density at radius 2 is 1.89 bits per heavy atom. The smallest absolute Gasteiger partial charge is 0.268 e. The summed E-state index contributed by atoms with van der Waals surface area (Å²) < 4.78 is 6.68. The van der Waals surface area contributed by atoms with Crippen molar-refractivity contribution >= 4 is 50.4 Å². The Hall–Kier alpha value is -3.34. The molecule has 0 aliphatic rings. The number of thiazole rings is 1. The van der Waals surface area contributed by atoms with Crippen molar-refractivity contribution in [3.8, 4) is 6.07 Å². The molecule has 0 fully saturated rings. The molecule has 0 bridgehead atoms. The lowest BCUT2D eigenvalue weighted by Crippen LogP contribution is -2.13. The van der Waals surface area contributed by atoms with Crippen LogP contribution in [0.1, 0.15) is 5.76 Å². The number of hydrogen-bond donors (Lipinski definition) is 1. The molecule has 7 heteroatoms. The Labute approximate surface area is 169 Å². The van der Waals surface area contributed by atoms with E-state index in [9.17, 15) is 10.1 Å². The van der Waals surface area contributed by atoms with Crippen LogP contribution in [0.2, 0.25) is 0 Å². The number of nitriles is 1. The minimum atomic E-state index is -0.518. The number of benzene rings is 2. The van der Waals surface area contributed by atoms with Gasteiger partial charge in [0.25, 0.3) is 5.91 Å². The molecular weight excluding hydrogens is 390 g/mol. The van der Waals surface area contributed by atoms with E-state index in [4.69, 9.17) is 4.42 Å². The van der Waals surface area contributed by atoms with Crippen molar-refractivity contribution in [2.24, 2.45) is 0 Å². The number of carbonyl (C=O) groups is 1. The molecule has 28 heavy (non-hydrogen) atoms. The van der Waals surface area contributed by atoms with Gasteiger partial charge in [0.15, 0.2) is 10.2 Å². The predicted molar refractivity (Wildman–Crippen MR) is 111 cm³/mol. The first-order valence-corrected chi connectivity index (χ1v) is 9.96. The van der Waals surface area contributed by atoms with Crippen molar-refractivity contribution in [2.75, 3.05) is 5.32 Å². The lowest BCUT2D eigenvalue weighted by molar-refractivity contribution is -0.112. The van der Waals surface area contributed by atoms with E-state index in [1.54, 1.807) is 6.07 Å². The van der Waals surface area contributed by atoms with Crippen LogP contribution in [0, 0.1) is 11.3 Å². The second kappa shape index (κ2) is 8.13. The molecule has 0 spiro atoms. The van der Waals surface area contributed by atoms with Crippen LogP contribution in [0.25, 0.3) is 16.3 Å². The van der Waals surface area contributed by atoms with Gasteiger partial charge in [-0.2, -0.15) is 5.26 Å². The predicted octanol–water partition coefficient (Wildman–Crippen LogP) is 5.59. The van der Waals surface area contributed by atoms with E-state index in [1.165, 1.54) is 29.2 Å². The summed E-state index contributed by atoms with van der Waals surface area (Å²) in [5.74, 6) is -0.0790. The summed E-state index contributed by atoms with van der Waals surface area (Å²) in [5, 5.41) is 13.2. The fourth-order valence-corrected chi connectivity index (χ4v) is 4.11. The highest BCUT2D eigenvalue weighted by Crippen LogP contribution is 2.30. The highest BCUT2D eigenvalue weighted by atomic mass is 32.2. The Kier molecular flexibility index (Phi) is 5.24. The molecule has 2 heterocycles. The number of furan rings is 1. The number of fused-ring (bicyclic) bond motifs is 1. The van der Waals surface area contributed by atoms with Gasteiger partial charge in [-0.1, -0.05) is 53.4 Å². The van der Waals surface area contributed by atoms with Gasteiger partial charge in [-0.05, 0) is 36.4 Å². The van der Waals surface area contributed by atoms with Gasteiger partial charge in [0, 0.05) is 11.0 Å². The van der Waals surface area contributed by atoms with Crippen LogP contribution in [0.3, 0.4) is 0 Å². The van der Waals surface area contributed by atoms with Gasteiger partial charge in [-0.3, -0.25) is 10.1 Å². The number of hydrogen-bond acceptors (Lipinski definition) is 6. The highest BCUT2D eigenvalue weighted by molar-refractivity contribution is 7.99. The van der Waals surface area contributed by atoms with E-state index < -0.39 is 5.91 Å². The monoisotopic (exact) mass is 403 g/mol. The zero-order valence-electron chi connectivity index (χ0n) is 14.5. The SMILES string of the molecule is N#CC(=Cc1ccc(Sc2ccccc2)o1)C(=O)Nc1nc2ccccc2s1. The number of para-hydroxylation sites is 1. The Bertz CT molecular complexity index is 1170. The third kappa shape index (κ3) is 4.14. The van der Waals surface area contributed by atoms with Crippen LogP contribution in [0.4, 0.5) is 5.13 Å². The molecule has 4 rings (SSSR count). The second-order valence-electron chi connectivity index (χ2n) is 5.68. The van der Waals surface area contributed by atoms with Crippen LogP contribution in [0.5, 0.6) is 0 Å². The van der Waals surface area contributed by atoms with E-state index in [2.05, 4.69) is 10.3 Å². The summed E-state index contributed by atoms with van der Waals surface area (Å²) in [4.78, 5) is 17.8. The average molecular weight is 403 g/mol. The molecule has 0 radical (unpaired) electrons. The second-order valence-corrected chi connectivity index (χ2v) is 7.79. The maximum atomic E-state index is 12.4. The Morgan fingerprint density at radius 1 is 1.11 bits per heavy atom. The van der Waals surface area contributed by atoms with Crippen LogP contribution in [-0.4, -0.2) is 10.9 Å². The molecule has 2 aromatic heterocycles. The van der Waals surface area contributed by atoms with E-state index >= 15 is 0 Å². The topological polar surface area (TPSA) is 78.9 Å². The molecule has 1 N–H and O–H groups in total. The third-order valence-electron chi connectivity index (χ3n) is 3.73. The highest BCUT2D eigenvalue weighted by Gasteiger charge is 2.13. The average Bonchev–Trinajstić information content (AvgIpc) is 3.32. The molecule has 0 saturated carbocycles. The maximum Gasteiger partial charge on any atom is 0.268 e. The van der Waals surface area contributed by atoms with Crippen LogP contribution < -0.4 is 5.32 Å². The summed E-state index contributed by atoms with van der Waals surface area (Å²) in [6.07, 6.45) is 1.43. The molecule has 0 aliphatic carbocycles. The molecular formula is C21H13N3O2S2. The van der Waals surface area contributed by atoms with Gasteiger partial charge in [0.05, 0.1) is 10.2 Å². The van der Waals surface area contributed by atoms with E-state index in [-0.39, 0.29) is 5.57 Å². The summed E-state index contributed by atoms with van der Waals surface area (Å²) in [6.45, 7) is 0. The largest absolute Gasteiger partial charge is 0.450 e. The number of aromatic nitrogens is 1. The Morgan fingerprint density at radius 3 is 2.68 bits per heavy atom. The minimum Gasteiger partial charge on any atom is -0.450 e. The number of anilines is 1. The van der Waals surface area contributed by atoms with Crippen molar-refractivity contribution in [2.45, 2.75) is 9.99 Å². The lowest BCUT2D eigenvalue weighted by atomic mass is 10.2. The number of amides is 1. The molecule has 1 amide bonds. The van der Waals surface area contributed by atoms with E-state index in [1.807, 2.05) is 66.7 Å². The molecule has 4 aromatic rings.